The highest BCUT2D eigenvalue weighted by Gasteiger charge is 2.34. The van der Waals surface area contributed by atoms with E-state index in [4.69, 9.17) is 1.37 Å². The van der Waals surface area contributed by atoms with Crippen LogP contribution in [0.1, 0.15) is 39.9 Å². The summed E-state index contributed by atoms with van der Waals surface area (Å²) in [5, 5.41) is -1.60. The summed E-state index contributed by atoms with van der Waals surface area (Å²) in [6.07, 6.45) is 0. The molecule has 1 rings (SSSR count). The number of benzene rings is 1. The SMILES string of the molecule is [2H][C@](C)(c1ccccc1)S(=O)(=O)C(C)(C)C. The Morgan fingerprint density at radius 2 is 1.67 bits per heavy atom. The van der Waals surface area contributed by atoms with Crippen LogP contribution in [0.4, 0.5) is 0 Å². The molecule has 0 aliphatic rings. The summed E-state index contributed by atoms with van der Waals surface area (Å²) < 4.78 is 31.8. The quantitative estimate of drug-likeness (QED) is 0.778. The molecule has 1 aromatic rings. The maximum absolute atomic E-state index is 12.3. The topological polar surface area (TPSA) is 34.1 Å². The van der Waals surface area contributed by atoms with Gasteiger partial charge in [-0.05, 0) is 33.3 Å². The van der Waals surface area contributed by atoms with Crippen LogP contribution in [0.2, 0.25) is 0 Å². The lowest BCUT2D eigenvalue weighted by molar-refractivity contribution is 0.549. The molecule has 1 aromatic carbocycles. The van der Waals surface area contributed by atoms with Gasteiger partial charge in [-0.15, -0.1) is 0 Å². The smallest absolute Gasteiger partial charge is 0.161 e. The van der Waals surface area contributed by atoms with Gasteiger partial charge in [0.1, 0.15) is 0 Å². The van der Waals surface area contributed by atoms with Crippen LogP contribution in [-0.4, -0.2) is 13.2 Å². The summed E-state index contributed by atoms with van der Waals surface area (Å²) in [6.45, 7) is 6.30. The Hall–Kier alpha value is -0.830. The Kier molecular flexibility index (Phi) is 2.83. The highest BCUT2D eigenvalue weighted by Crippen LogP contribution is 2.30. The van der Waals surface area contributed by atoms with Crippen molar-refractivity contribution in [2.75, 3.05) is 0 Å². The first kappa shape index (κ1) is 10.7. The van der Waals surface area contributed by atoms with E-state index in [0.29, 0.717) is 5.56 Å². The van der Waals surface area contributed by atoms with E-state index in [0.717, 1.165) is 0 Å². The second kappa shape index (κ2) is 3.97. The molecule has 15 heavy (non-hydrogen) atoms. The van der Waals surface area contributed by atoms with Crippen LogP contribution in [0, 0.1) is 0 Å². The molecule has 2 nitrogen and oxygen atoms in total. The Labute approximate surface area is 93.7 Å². The fourth-order valence-electron chi connectivity index (χ4n) is 1.29. The monoisotopic (exact) mass is 227 g/mol. The molecule has 0 N–H and O–H groups in total. The summed E-state index contributed by atoms with van der Waals surface area (Å²) in [5.41, 5.74) is 0.505. The van der Waals surface area contributed by atoms with Gasteiger partial charge >= 0.3 is 0 Å². The van der Waals surface area contributed by atoms with Crippen molar-refractivity contribution >= 4 is 9.84 Å². The Morgan fingerprint density at radius 3 is 2.07 bits per heavy atom. The molecule has 3 heteroatoms. The van der Waals surface area contributed by atoms with Crippen LogP contribution in [-0.2, 0) is 9.84 Å². The molecule has 0 aliphatic heterocycles. The van der Waals surface area contributed by atoms with E-state index >= 15 is 0 Å². The second-order valence-electron chi connectivity index (χ2n) is 4.54. The van der Waals surface area contributed by atoms with E-state index in [1.807, 2.05) is 6.07 Å². The molecular weight excluding hydrogens is 208 g/mol. The van der Waals surface area contributed by atoms with E-state index < -0.39 is 19.8 Å². The maximum Gasteiger partial charge on any atom is 0.161 e. The molecule has 1 atom stereocenters. The molecule has 0 amide bonds. The highest BCUT2D eigenvalue weighted by atomic mass is 32.2. The minimum atomic E-state index is -3.56. The second-order valence-corrected chi connectivity index (χ2v) is 7.38. The minimum Gasteiger partial charge on any atom is -0.228 e. The zero-order valence-electron chi connectivity index (χ0n) is 10.6. The van der Waals surface area contributed by atoms with E-state index in [-0.39, 0.29) is 0 Å². The number of hydrogen-bond acceptors (Lipinski definition) is 2. The fourth-order valence-corrected chi connectivity index (χ4v) is 2.65. The number of rotatable bonds is 2. The van der Waals surface area contributed by atoms with Crippen LogP contribution < -0.4 is 0 Å². The third-order valence-corrected chi connectivity index (χ3v) is 5.04. The average molecular weight is 227 g/mol. The Morgan fingerprint density at radius 1 is 1.20 bits per heavy atom. The van der Waals surface area contributed by atoms with E-state index in [2.05, 4.69) is 0 Å². The Bertz CT molecular complexity index is 456. The lowest BCUT2D eigenvalue weighted by Gasteiger charge is -2.24. The van der Waals surface area contributed by atoms with Crippen molar-refractivity contribution in [3.63, 3.8) is 0 Å². The largest absolute Gasteiger partial charge is 0.228 e. The molecule has 0 spiro atoms. The molecule has 0 aliphatic carbocycles. The normalized spacial score (nSPS) is 18.0. The van der Waals surface area contributed by atoms with E-state index in [1.165, 1.54) is 6.92 Å². The van der Waals surface area contributed by atoms with Crippen LogP contribution >= 0.6 is 0 Å². The van der Waals surface area contributed by atoms with Gasteiger partial charge in [0, 0.05) is 0 Å². The molecule has 84 valence electrons. The van der Waals surface area contributed by atoms with Crippen molar-refractivity contribution in [3.8, 4) is 0 Å². The molecule has 0 fully saturated rings. The van der Waals surface area contributed by atoms with E-state index in [1.54, 1.807) is 45.0 Å². The van der Waals surface area contributed by atoms with Gasteiger partial charge in [-0.1, -0.05) is 30.3 Å². The van der Waals surface area contributed by atoms with Crippen molar-refractivity contribution in [3.05, 3.63) is 35.9 Å². The number of hydrogen-bond donors (Lipinski definition) is 0. The zero-order chi connectivity index (χ0) is 12.6. The predicted molar refractivity (Wildman–Crippen MR) is 63.5 cm³/mol. The zero-order valence-corrected chi connectivity index (χ0v) is 10.4. The van der Waals surface area contributed by atoms with Gasteiger partial charge in [-0.3, -0.25) is 0 Å². The Balaban J connectivity index is 3.34. The summed E-state index contributed by atoms with van der Waals surface area (Å²) in [7, 11) is -3.56. The van der Waals surface area contributed by atoms with E-state index in [9.17, 15) is 8.42 Å². The summed E-state index contributed by atoms with van der Waals surface area (Å²) in [4.78, 5) is 0. The van der Waals surface area contributed by atoms with Crippen molar-refractivity contribution < 1.29 is 9.79 Å². The summed E-state index contributed by atoms with van der Waals surface area (Å²) in [5.74, 6) is 0. The van der Waals surface area contributed by atoms with Crippen molar-refractivity contribution in [1.29, 1.82) is 0 Å². The third-order valence-electron chi connectivity index (χ3n) is 2.39. The van der Waals surface area contributed by atoms with Gasteiger partial charge in [-0.2, -0.15) is 0 Å². The van der Waals surface area contributed by atoms with Gasteiger partial charge in [0.2, 0.25) is 0 Å². The maximum atomic E-state index is 12.3. The molecule has 0 unspecified atom stereocenters. The first-order valence-corrected chi connectivity index (χ1v) is 6.39. The van der Waals surface area contributed by atoms with Gasteiger partial charge in [-0.25, -0.2) is 8.42 Å². The van der Waals surface area contributed by atoms with Crippen LogP contribution in [0.3, 0.4) is 0 Å². The highest BCUT2D eigenvalue weighted by molar-refractivity contribution is 7.92. The lowest BCUT2D eigenvalue weighted by Crippen LogP contribution is -2.31. The van der Waals surface area contributed by atoms with Gasteiger partial charge in [0.15, 0.2) is 9.84 Å². The third kappa shape index (κ3) is 2.40. The fraction of sp³-hybridized carbons (Fsp3) is 0.500. The molecule has 0 aromatic heterocycles. The van der Waals surface area contributed by atoms with Gasteiger partial charge in [0.25, 0.3) is 0 Å². The molecule has 0 bridgehead atoms. The van der Waals surface area contributed by atoms with Crippen molar-refractivity contribution in [2.45, 2.75) is 37.7 Å². The predicted octanol–water partition coefficient (Wildman–Crippen LogP) is 2.96. The first-order chi connectivity index (χ1) is 7.11. The van der Waals surface area contributed by atoms with Crippen LogP contribution in [0.25, 0.3) is 0 Å². The summed E-state index contributed by atoms with van der Waals surface area (Å²) >= 11 is 0. The molecule has 0 heterocycles. The minimum absolute atomic E-state index is 0.505. The van der Waals surface area contributed by atoms with Crippen molar-refractivity contribution in [1.82, 2.24) is 0 Å². The van der Waals surface area contributed by atoms with Gasteiger partial charge in [0.05, 0.1) is 11.3 Å². The lowest BCUT2D eigenvalue weighted by atomic mass is 10.2. The molecular formula is C12H18O2S. The van der Waals surface area contributed by atoms with Gasteiger partial charge < -0.3 is 0 Å². The molecule has 0 saturated carbocycles. The van der Waals surface area contributed by atoms with Crippen LogP contribution in [0.15, 0.2) is 30.3 Å². The van der Waals surface area contributed by atoms with Crippen LogP contribution in [0.5, 0.6) is 0 Å². The first-order valence-electron chi connectivity index (χ1n) is 5.40. The standard InChI is InChI=1S/C12H18O2S/c1-10(11-8-6-5-7-9-11)15(13,14)12(2,3)4/h5-10H,1-4H3/t10-/m0/s1/i10D. The van der Waals surface area contributed by atoms with Crippen molar-refractivity contribution in [2.24, 2.45) is 0 Å². The molecule has 0 saturated heterocycles. The number of sulfone groups is 1. The molecule has 0 radical (unpaired) electrons. The average Bonchev–Trinajstić information content (AvgIpc) is 2.17. The summed E-state index contributed by atoms with van der Waals surface area (Å²) in [6, 6.07) is 8.66.